The topological polar surface area (TPSA) is 73.9 Å². The molecule has 0 radical (unpaired) electrons. The van der Waals surface area contributed by atoms with E-state index in [1.54, 1.807) is 6.92 Å². The summed E-state index contributed by atoms with van der Waals surface area (Å²) in [6.45, 7) is 12.6. The molecule has 0 amide bonds. The van der Waals surface area contributed by atoms with E-state index >= 15 is 0 Å². The van der Waals surface area contributed by atoms with Gasteiger partial charge in [-0.15, -0.1) is 0 Å². The van der Waals surface area contributed by atoms with E-state index < -0.39 is 8.30 Å². The number of carbonyl (C=O) groups excluding carboxylic acids is 2. The van der Waals surface area contributed by atoms with E-state index in [0.717, 1.165) is 60.2 Å². The highest BCUT2D eigenvalue weighted by Gasteiger charge is 2.18. The van der Waals surface area contributed by atoms with Crippen LogP contribution in [-0.2, 0) is 16.0 Å². The van der Waals surface area contributed by atoms with Crippen molar-refractivity contribution < 1.29 is 23.6 Å². The van der Waals surface area contributed by atoms with Crippen LogP contribution >= 0.6 is 8.30 Å². The Balaban J connectivity index is 1.45. The van der Waals surface area contributed by atoms with E-state index in [0.29, 0.717) is 18.5 Å². The zero-order valence-electron chi connectivity index (χ0n) is 33.5. The van der Waals surface area contributed by atoms with Crippen LogP contribution in [-0.4, -0.2) is 24.6 Å². The molecule has 3 rings (SSSR count). The van der Waals surface area contributed by atoms with Gasteiger partial charge in [-0.05, 0) is 123 Å². The standard InChI is InChI=1S/C46H66NO5P/c1-7-8-9-10-11-12-13-14-15-16-17-18-19-20-24-27-46(49)51-45-29-28-40(32-43(45)36(2)3)33-44-37(4)30-42(31-38(44)5)50-35-53(47-39(6)34-48)52-41-25-22-21-23-26-41/h14-15,21-23,25-26,28-32,34,36,39,47H,7-13,16-20,24,27,33,35H2,1-6H3/b15-14-. The predicted molar refractivity (Wildman–Crippen MR) is 222 cm³/mol. The Bertz CT molecular complexity index is 1500. The summed E-state index contributed by atoms with van der Waals surface area (Å²) in [5, 5.41) is 3.24. The number of unbranched alkanes of at least 4 members (excludes halogenated alkanes) is 11. The number of nitrogens with one attached hydrogen (secondary N) is 1. The average Bonchev–Trinajstić information content (AvgIpc) is 3.14. The van der Waals surface area contributed by atoms with Crippen LogP contribution in [0.2, 0.25) is 0 Å². The molecular formula is C46H66NO5P. The summed E-state index contributed by atoms with van der Waals surface area (Å²) >= 11 is 0. The second kappa shape index (κ2) is 25.5. The number of hydrogen-bond acceptors (Lipinski definition) is 6. The third kappa shape index (κ3) is 17.5. The van der Waals surface area contributed by atoms with E-state index in [4.69, 9.17) is 14.0 Å². The van der Waals surface area contributed by atoms with Crippen molar-refractivity contribution in [1.29, 1.82) is 0 Å². The number of benzene rings is 3. The average molecular weight is 744 g/mol. The van der Waals surface area contributed by atoms with E-state index in [2.05, 4.69) is 76.1 Å². The molecule has 2 atom stereocenters. The summed E-state index contributed by atoms with van der Waals surface area (Å²) < 4.78 is 18.3. The lowest BCUT2D eigenvalue weighted by Gasteiger charge is -2.22. The number of aryl methyl sites for hydroxylation is 2. The van der Waals surface area contributed by atoms with Crippen molar-refractivity contribution in [3.8, 4) is 17.2 Å². The zero-order valence-corrected chi connectivity index (χ0v) is 34.4. The Kier molecular flexibility index (Phi) is 21.2. The first-order valence-corrected chi connectivity index (χ1v) is 21.6. The minimum Gasteiger partial charge on any atom is -0.484 e. The van der Waals surface area contributed by atoms with Crippen molar-refractivity contribution in [2.24, 2.45) is 0 Å². The molecule has 0 saturated carbocycles. The normalized spacial score (nSPS) is 12.6. The fourth-order valence-corrected chi connectivity index (χ4v) is 7.71. The van der Waals surface area contributed by atoms with E-state index in [1.165, 1.54) is 75.3 Å². The predicted octanol–water partition coefficient (Wildman–Crippen LogP) is 12.9. The number of para-hydroxylation sites is 1. The van der Waals surface area contributed by atoms with Crippen LogP contribution in [0.4, 0.5) is 0 Å². The van der Waals surface area contributed by atoms with Gasteiger partial charge in [-0.1, -0.05) is 115 Å². The molecular weight excluding hydrogens is 677 g/mol. The summed E-state index contributed by atoms with van der Waals surface area (Å²) in [5.41, 5.74) is 5.77. The van der Waals surface area contributed by atoms with Gasteiger partial charge in [0.1, 0.15) is 23.5 Å². The molecule has 0 aliphatic carbocycles. The van der Waals surface area contributed by atoms with Crippen molar-refractivity contribution in [2.45, 2.75) is 150 Å². The Morgan fingerprint density at radius 2 is 1.40 bits per heavy atom. The van der Waals surface area contributed by atoms with Gasteiger partial charge in [0.2, 0.25) is 8.30 Å². The van der Waals surface area contributed by atoms with Crippen LogP contribution < -0.4 is 19.1 Å². The third-order valence-electron chi connectivity index (χ3n) is 9.47. The maximum atomic E-state index is 12.8. The van der Waals surface area contributed by atoms with Gasteiger partial charge in [-0.25, -0.2) is 0 Å². The van der Waals surface area contributed by atoms with Gasteiger partial charge in [-0.3, -0.25) is 9.88 Å². The van der Waals surface area contributed by atoms with Crippen molar-refractivity contribution in [1.82, 2.24) is 5.09 Å². The summed E-state index contributed by atoms with van der Waals surface area (Å²) in [6, 6.07) is 19.6. The molecule has 53 heavy (non-hydrogen) atoms. The van der Waals surface area contributed by atoms with Crippen LogP contribution in [0.1, 0.15) is 151 Å². The lowest BCUT2D eigenvalue weighted by molar-refractivity contribution is -0.134. The number of hydrogen-bond donors (Lipinski definition) is 1. The molecule has 3 aromatic carbocycles. The minimum absolute atomic E-state index is 0.145. The van der Waals surface area contributed by atoms with Crippen molar-refractivity contribution in [3.05, 3.63) is 101 Å². The van der Waals surface area contributed by atoms with Crippen LogP contribution in [0.25, 0.3) is 0 Å². The zero-order chi connectivity index (χ0) is 38.3. The van der Waals surface area contributed by atoms with Gasteiger partial charge < -0.3 is 18.8 Å². The lowest BCUT2D eigenvalue weighted by atomic mass is 9.93. The summed E-state index contributed by atoms with van der Waals surface area (Å²) in [4.78, 5) is 24.1. The number of esters is 1. The minimum atomic E-state index is -1.25. The van der Waals surface area contributed by atoms with Crippen LogP contribution in [0.5, 0.6) is 17.2 Å². The molecule has 290 valence electrons. The molecule has 0 aliphatic rings. The Hall–Kier alpha value is -3.47. The first-order chi connectivity index (χ1) is 25.7. The highest BCUT2D eigenvalue weighted by Crippen LogP contribution is 2.36. The smallest absolute Gasteiger partial charge is 0.311 e. The molecule has 3 aromatic rings. The Morgan fingerprint density at radius 1 is 0.774 bits per heavy atom. The molecule has 0 spiro atoms. The molecule has 0 aromatic heterocycles. The fourth-order valence-electron chi connectivity index (χ4n) is 6.38. The first-order valence-electron chi connectivity index (χ1n) is 20.1. The van der Waals surface area contributed by atoms with Gasteiger partial charge >= 0.3 is 5.97 Å². The quantitative estimate of drug-likeness (QED) is 0.0209. The van der Waals surface area contributed by atoms with Crippen LogP contribution in [0.3, 0.4) is 0 Å². The molecule has 6 nitrogen and oxygen atoms in total. The maximum Gasteiger partial charge on any atom is 0.311 e. The number of allylic oxidation sites excluding steroid dienone is 2. The van der Waals surface area contributed by atoms with Gasteiger partial charge in [0.05, 0.1) is 6.04 Å². The highest BCUT2D eigenvalue weighted by molar-refractivity contribution is 7.50. The Morgan fingerprint density at radius 3 is 2.02 bits per heavy atom. The summed E-state index contributed by atoms with van der Waals surface area (Å²) in [6.07, 6.45) is 23.2. The van der Waals surface area contributed by atoms with Crippen LogP contribution in [0, 0.1) is 13.8 Å². The fraction of sp³-hybridized carbons (Fsp3) is 0.522. The second-order valence-corrected chi connectivity index (χ2v) is 16.1. The van der Waals surface area contributed by atoms with Gasteiger partial charge in [0.15, 0.2) is 6.35 Å². The van der Waals surface area contributed by atoms with E-state index in [-0.39, 0.29) is 17.9 Å². The molecule has 1 N–H and O–H groups in total. The summed E-state index contributed by atoms with van der Waals surface area (Å²) in [5.74, 6) is 2.25. The number of aldehydes is 1. The Labute approximate surface area is 322 Å². The molecule has 0 fully saturated rings. The molecule has 0 heterocycles. The van der Waals surface area contributed by atoms with Crippen LogP contribution in [0.15, 0.2) is 72.8 Å². The van der Waals surface area contributed by atoms with Crippen molar-refractivity contribution in [2.75, 3.05) is 6.35 Å². The molecule has 7 heteroatoms. The van der Waals surface area contributed by atoms with Crippen molar-refractivity contribution in [3.63, 3.8) is 0 Å². The number of rotatable bonds is 27. The van der Waals surface area contributed by atoms with Gasteiger partial charge in [-0.2, -0.15) is 0 Å². The lowest BCUT2D eigenvalue weighted by Crippen LogP contribution is -2.26. The van der Waals surface area contributed by atoms with E-state index in [9.17, 15) is 9.59 Å². The number of ether oxygens (including phenoxy) is 2. The molecule has 0 bridgehead atoms. The van der Waals surface area contributed by atoms with Gasteiger partial charge in [0, 0.05) is 6.42 Å². The summed E-state index contributed by atoms with van der Waals surface area (Å²) in [7, 11) is -1.25. The van der Waals surface area contributed by atoms with E-state index in [1.807, 2.05) is 36.4 Å². The largest absolute Gasteiger partial charge is 0.484 e. The highest BCUT2D eigenvalue weighted by atomic mass is 31.2. The molecule has 2 unspecified atom stereocenters. The maximum absolute atomic E-state index is 12.8. The second-order valence-electron chi connectivity index (χ2n) is 14.7. The molecule has 0 aliphatic heterocycles. The first kappa shape index (κ1) is 43.9. The SMILES string of the molecule is CCCCCCCC/C=C\CCCCCCCC(=O)Oc1ccc(Cc2c(C)cc(OCP(NC(C)C=O)Oc3ccccc3)cc2C)cc1C(C)C. The van der Waals surface area contributed by atoms with Crippen molar-refractivity contribution >= 4 is 20.6 Å². The third-order valence-corrected chi connectivity index (χ3v) is 11.0. The monoisotopic (exact) mass is 743 g/mol. The molecule has 0 saturated heterocycles. The van der Waals surface area contributed by atoms with Gasteiger partial charge in [0.25, 0.3) is 0 Å². The number of carbonyl (C=O) groups is 2.